The minimum atomic E-state index is -0.923. The number of phenolic OH excluding ortho intramolecular Hbond substituents is 1. The van der Waals surface area contributed by atoms with Gasteiger partial charge in [0.05, 0.1) is 24.2 Å². The largest absolute Gasteiger partial charge is 0.508 e. The average molecular weight is 818 g/mol. The maximum Gasteiger partial charge on any atom is 0.407 e. The van der Waals surface area contributed by atoms with Crippen molar-refractivity contribution >= 4 is 40.6 Å². The fraction of sp³-hybridized carbons (Fsp3) is 0.413. The molecule has 2 N–H and O–H groups in total. The second-order valence-corrected chi connectivity index (χ2v) is 16.9. The zero-order valence-electron chi connectivity index (χ0n) is 34.9. The summed E-state index contributed by atoms with van der Waals surface area (Å²) in [6, 6.07) is 21.1. The van der Waals surface area contributed by atoms with Gasteiger partial charge in [-0.25, -0.2) is 14.8 Å². The van der Waals surface area contributed by atoms with Crippen LogP contribution in [0.2, 0.25) is 0 Å². The molecule has 7 rings (SSSR count). The lowest BCUT2D eigenvalue weighted by Crippen LogP contribution is -2.75. The molecule has 0 unspecified atom stereocenters. The number of hydrogen-bond donors (Lipinski definition) is 2. The molecule has 2 atom stereocenters. The number of piperidine rings is 1. The predicted molar refractivity (Wildman–Crippen MR) is 226 cm³/mol. The fourth-order valence-electron chi connectivity index (χ4n) is 8.70. The molecule has 14 heteroatoms. The minimum Gasteiger partial charge on any atom is -0.508 e. The van der Waals surface area contributed by atoms with Crippen molar-refractivity contribution in [2.45, 2.75) is 83.3 Å². The van der Waals surface area contributed by atoms with E-state index in [2.05, 4.69) is 11.9 Å². The number of likely N-dealkylation sites (tertiary alicyclic amines) is 1. The number of rotatable bonds is 11. The van der Waals surface area contributed by atoms with Crippen molar-refractivity contribution in [1.29, 1.82) is 0 Å². The van der Waals surface area contributed by atoms with Crippen LogP contribution < -0.4 is 5.32 Å². The topological polar surface area (TPSA) is 148 Å². The maximum atomic E-state index is 14.7. The van der Waals surface area contributed by atoms with Gasteiger partial charge < -0.3 is 34.4 Å². The highest BCUT2D eigenvalue weighted by Crippen LogP contribution is 2.33. The number of carbonyl (C=O) groups is 5. The summed E-state index contributed by atoms with van der Waals surface area (Å²) in [6.45, 7) is 10.7. The summed E-state index contributed by atoms with van der Waals surface area (Å²) in [4.78, 5) is 74.7. The lowest BCUT2D eigenvalue weighted by Gasteiger charge is -2.55. The molecule has 4 heterocycles. The van der Waals surface area contributed by atoms with Gasteiger partial charge in [-0.05, 0) is 68.9 Å². The number of benzene rings is 3. The molecule has 0 radical (unpaired) electrons. The summed E-state index contributed by atoms with van der Waals surface area (Å²) in [5.41, 5.74) is 3.33. The Morgan fingerprint density at radius 1 is 0.950 bits per heavy atom. The molecule has 1 aromatic heterocycles. The molecule has 0 bridgehead atoms. The van der Waals surface area contributed by atoms with E-state index in [0.717, 1.165) is 27.6 Å². The molecule has 3 aliphatic rings. The molecule has 4 aromatic rings. The highest BCUT2D eigenvalue weighted by atomic mass is 16.6. The molecule has 316 valence electrons. The van der Waals surface area contributed by atoms with Crippen LogP contribution in [-0.4, -0.2) is 121 Å². The summed E-state index contributed by atoms with van der Waals surface area (Å²) in [7, 11) is 1.88. The molecule has 5 amide bonds. The normalized spacial score (nSPS) is 19.1. The summed E-state index contributed by atoms with van der Waals surface area (Å²) in [5, 5.41) is 17.1. The first kappa shape index (κ1) is 42.0. The summed E-state index contributed by atoms with van der Waals surface area (Å²) < 4.78 is 7.34. The number of nitrogens with one attached hydrogen (secondary N) is 1. The number of aromatic nitrogens is 1. The van der Waals surface area contributed by atoms with Crippen molar-refractivity contribution in [3.8, 4) is 5.75 Å². The molecular formula is C46H55N7O7. The number of nitrogens with zero attached hydrogens (tertiary/aromatic N) is 6. The number of para-hydroxylation sites is 1. The predicted octanol–water partition coefficient (Wildman–Crippen LogP) is 5.00. The van der Waals surface area contributed by atoms with Crippen molar-refractivity contribution in [3.05, 3.63) is 114 Å². The van der Waals surface area contributed by atoms with E-state index in [1.54, 1.807) is 50.2 Å². The highest BCUT2D eigenvalue weighted by molar-refractivity contribution is 6.07. The molecule has 0 spiro atoms. The van der Waals surface area contributed by atoms with Crippen LogP contribution in [0.5, 0.6) is 5.75 Å². The molecular weight excluding hydrogens is 763 g/mol. The van der Waals surface area contributed by atoms with Crippen molar-refractivity contribution in [2.75, 3.05) is 32.7 Å². The summed E-state index contributed by atoms with van der Waals surface area (Å²) >= 11 is 0. The minimum absolute atomic E-state index is 0.0697. The van der Waals surface area contributed by atoms with Gasteiger partial charge in [0, 0.05) is 63.7 Å². The zero-order valence-corrected chi connectivity index (χ0v) is 34.9. The van der Waals surface area contributed by atoms with E-state index in [-0.39, 0.29) is 74.4 Å². The lowest BCUT2D eigenvalue weighted by molar-refractivity contribution is -0.205. The molecule has 0 saturated carbocycles. The Kier molecular flexibility index (Phi) is 12.3. The standard InChI is InChI=1S/C46H55N7O7/c1-6-23-51-30-41(56)52-38(26-32-15-18-35(54)19-16-32)44(58)50(29-39(52)53(51)40(55)20-17-31-11-8-7-9-12-31)27-33-13-10-14-36-37(28-48(5)42(33)36)43(57)49-24-21-34(22-25-49)47-45(59)60-46(2,3)4/h6-16,18-19,28,34,38-39,54H,1,17,20-27,29-30H2,2-5H3,(H,47,59)/t38-,39-/m0/s1. The number of piperazine rings is 1. The van der Waals surface area contributed by atoms with Crippen LogP contribution >= 0.6 is 0 Å². The quantitative estimate of drug-likeness (QED) is 0.201. The Bertz CT molecular complexity index is 2240. The fourth-order valence-corrected chi connectivity index (χ4v) is 8.70. The van der Waals surface area contributed by atoms with Crippen LogP contribution in [0, 0.1) is 0 Å². The number of amides is 5. The zero-order chi connectivity index (χ0) is 42.7. The number of aromatic hydroxyl groups is 1. The van der Waals surface area contributed by atoms with Gasteiger partial charge in [0.2, 0.25) is 17.7 Å². The third kappa shape index (κ3) is 9.18. The number of carbonyl (C=O) groups excluding carboxylic acids is 5. The summed E-state index contributed by atoms with van der Waals surface area (Å²) in [6.07, 6.45) is 4.33. The third-order valence-electron chi connectivity index (χ3n) is 11.4. The van der Waals surface area contributed by atoms with E-state index < -0.39 is 23.9 Å². The van der Waals surface area contributed by atoms with Crippen LogP contribution in [0.4, 0.5) is 4.79 Å². The van der Waals surface area contributed by atoms with E-state index in [1.165, 1.54) is 0 Å². The Balaban J connectivity index is 1.16. The van der Waals surface area contributed by atoms with Gasteiger partial charge in [-0.2, -0.15) is 0 Å². The van der Waals surface area contributed by atoms with Crippen molar-refractivity contribution in [3.63, 3.8) is 0 Å². The van der Waals surface area contributed by atoms with E-state index in [1.807, 2.05) is 92.0 Å². The molecule has 3 fully saturated rings. The second-order valence-electron chi connectivity index (χ2n) is 16.9. The van der Waals surface area contributed by atoms with E-state index in [9.17, 15) is 29.1 Å². The second kappa shape index (κ2) is 17.6. The molecule has 0 aliphatic carbocycles. The van der Waals surface area contributed by atoms with Crippen molar-refractivity contribution in [1.82, 2.24) is 34.6 Å². The van der Waals surface area contributed by atoms with Gasteiger partial charge in [-0.1, -0.05) is 66.7 Å². The van der Waals surface area contributed by atoms with Crippen LogP contribution in [0.25, 0.3) is 10.9 Å². The Morgan fingerprint density at radius 3 is 2.35 bits per heavy atom. The van der Waals surface area contributed by atoms with Crippen molar-refractivity contribution in [2.24, 2.45) is 7.05 Å². The van der Waals surface area contributed by atoms with Gasteiger partial charge in [0.15, 0.2) is 0 Å². The maximum absolute atomic E-state index is 14.7. The van der Waals surface area contributed by atoms with Crippen LogP contribution in [0.1, 0.15) is 67.1 Å². The number of fused-ring (bicyclic) bond motifs is 2. The smallest absolute Gasteiger partial charge is 0.407 e. The van der Waals surface area contributed by atoms with E-state index in [4.69, 9.17) is 4.74 Å². The Hall–Kier alpha value is -6.15. The number of alkyl carbamates (subject to hydrolysis) is 1. The van der Waals surface area contributed by atoms with Gasteiger partial charge in [-0.15, -0.1) is 6.58 Å². The molecule has 14 nitrogen and oxygen atoms in total. The van der Waals surface area contributed by atoms with Crippen LogP contribution in [0.15, 0.2) is 91.6 Å². The van der Waals surface area contributed by atoms with Gasteiger partial charge >= 0.3 is 6.09 Å². The highest BCUT2D eigenvalue weighted by Gasteiger charge is 2.51. The Labute approximate surface area is 350 Å². The third-order valence-corrected chi connectivity index (χ3v) is 11.4. The van der Waals surface area contributed by atoms with E-state index >= 15 is 0 Å². The van der Waals surface area contributed by atoms with Crippen LogP contribution in [0.3, 0.4) is 0 Å². The first-order valence-corrected chi connectivity index (χ1v) is 20.7. The molecule has 60 heavy (non-hydrogen) atoms. The number of hydrogen-bond acceptors (Lipinski definition) is 8. The van der Waals surface area contributed by atoms with Crippen molar-refractivity contribution < 1.29 is 33.8 Å². The van der Waals surface area contributed by atoms with Gasteiger partial charge in [0.1, 0.15) is 23.6 Å². The van der Waals surface area contributed by atoms with Gasteiger partial charge in [-0.3, -0.25) is 19.2 Å². The monoisotopic (exact) mass is 817 g/mol. The Morgan fingerprint density at radius 2 is 1.67 bits per heavy atom. The summed E-state index contributed by atoms with van der Waals surface area (Å²) in [5.74, 6) is -0.709. The van der Waals surface area contributed by atoms with Gasteiger partial charge in [0.25, 0.3) is 5.91 Å². The first-order chi connectivity index (χ1) is 28.7. The SMILES string of the molecule is C=CCN1CC(=O)N2[C@@H](Cc3ccc(O)cc3)C(=O)N(Cc3cccc4c(C(=O)N5CCC(NC(=O)OC(C)(C)C)CC5)cn(C)c34)C[C@@H]2N1C(=O)CCc1ccccc1. The average Bonchev–Trinajstić information content (AvgIpc) is 3.55. The number of hydrazine groups is 1. The molecule has 3 aromatic carbocycles. The first-order valence-electron chi connectivity index (χ1n) is 20.7. The number of aryl methyl sites for hydroxylation is 2. The molecule has 3 aliphatic heterocycles. The van der Waals surface area contributed by atoms with Crippen LogP contribution in [-0.2, 0) is 45.6 Å². The van der Waals surface area contributed by atoms with E-state index in [0.29, 0.717) is 37.9 Å². The number of phenols is 1. The molecule has 3 saturated heterocycles. The lowest BCUT2D eigenvalue weighted by atomic mass is 9.97. The number of ether oxygens (including phenoxy) is 1.